The molecule has 0 N–H and O–H groups in total. The summed E-state index contributed by atoms with van der Waals surface area (Å²) in [5.41, 5.74) is 2.84. The molecule has 0 atom stereocenters. The molecule has 15 heavy (non-hydrogen) atoms. The quantitative estimate of drug-likeness (QED) is 0.644. The zero-order chi connectivity index (χ0) is 11.1. The van der Waals surface area contributed by atoms with Gasteiger partial charge in [0.2, 0.25) is 0 Å². The van der Waals surface area contributed by atoms with Crippen molar-refractivity contribution in [2.45, 2.75) is 33.6 Å². The summed E-state index contributed by atoms with van der Waals surface area (Å²) in [5, 5.41) is 0. The van der Waals surface area contributed by atoms with Gasteiger partial charge in [-0.05, 0) is 30.4 Å². The van der Waals surface area contributed by atoms with Crippen molar-refractivity contribution in [3.8, 4) is 0 Å². The first kappa shape index (κ1) is 12.3. The van der Waals surface area contributed by atoms with Crippen LogP contribution >= 0.6 is 0 Å². The van der Waals surface area contributed by atoms with E-state index in [2.05, 4.69) is 38.1 Å². The summed E-state index contributed by atoms with van der Waals surface area (Å²) in [5.74, 6) is 0.707. The lowest BCUT2D eigenvalue weighted by Crippen LogP contribution is -2.00. The molecular weight excluding hydrogens is 184 g/mol. The maximum atomic E-state index is 5.27. The van der Waals surface area contributed by atoms with Crippen LogP contribution in [-0.2, 0) is 17.6 Å². The molecule has 0 aliphatic carbocycles. The van der Waals surface area contributed by atoms with Gasteiger partial charge in [-0.2, -0.15) is 0 Å². The van der Waals surface area contributed by atoms with Gasteiger partial charge in [-0.15, -0.1) is 0 Å². The molecule has 0 aliphatic heterocycles. The van der Waals surface area contributed by atoms with Gasteiger partial charge in [-0.1, -0.05) is 38.1 Å². The van der Waals surface area contributed by atoms with Gasteiger partial charge in [0.1, 0.15) is 0 Å². The van der Waals surface area contributed by atoms with E-state index < -0.39 is 0 Å². The second-order valence-electron chi connectivity index (χ2n) is 4.19. The molecule has 0 fully saturated rings. The Balaban J connectivity index is 2.60. The summed E-state index contributed by atoms with van der Waals surface area (Å²) in [6, 6.07) is 8.61. The summed E-state index contributed by atoms with van der Waals surface area (Å²) in [6.45, 7) is 9.17. The number of hydrogen-bond donors (Lipinski definition) is 0. The van der Waals surface area contributed by atoms with E-state index in [1.165, 1.54) is 11.1 Å². The van der Waals surface area contributed by atoms with E-state index in [9.17, 15) is 0 Å². The van der Waals surface area contributed by atoms with Crippen LogP contribution in [0.4, 0.5) is 0 Å². The second-order valence-corrected chi connectivity index (χ2v) is 4.19. The summed E-state index contributed by atoms with van der Waals surface area (Å²) >= 11 is 0. The number of ether oxygens (including phenoxy) is 1. The van der Waals surface area contributed by atoms with Crippen LogP contribution in [0.25, 0.3) is 0 Å². The molecule has 0 unspecified atom stereocenters. The highest BCUT2D eigenvalue weighted by atomic mass is 16.5. The lowest BCUT2D eigenvalue weighted by atomic mass is 9.96. The molecule has 1 nitrogen and oxygen atoms in total. The standard InChI is InChI=1S/C14H21O/c1-4-15-10-9-13-7-5-6-8-14(13)11-12(2)3/h5-8,10,12H,4,9,11H2,1-3H3. The molecule has 1 aromatic rings. The first-order valence-corrected chi connectivity index (χ1v) is 5.74. The average Bonchev–Trinajstić information content (AvgIpc) is 2.20. The SMILES string of the molecule is CCO[CH]Cc1ccccc1CC(C)C. The van der Waals surface area contributed by atoms with Crippen molar-refractivity contribution in [3.63, 3.8) is 0 Å². The van der Waals surface area contributed by atoms with Crippen LogP contribution in [0.1, 0.15) is 31.9 Å². The van der Waals surface area contributed by atoms with Crippen LogP contribution in [0, 0.1) is 12.5 Å². The van der Waals surface area contributed by atoms with Crippen LogP contribution in [0.3, 0.4) is 0 Å². The van der Waals surface area contributed by atoms with Crippen LogP contribution in [0.15, 0.2) is 24.3 Å². The molecule has 0 saturated heterocycles. The third-order valence-corrected chi connectivity index (χ3v) is 2.33. The minimum atomic E-state index is 0.707. The molecule has 1 rings (SSSR count). The van der Waals surface area contributed by atoms with Crippen molar-refractivity contribution >= 4 is 0 Å². The monoisotopic (exact) mass is 205 g/mol. The lowest BCUT2D eigenvalue weighted by Gasteiger charge is -2.11. The van der Waals surface area contributed by atoms with Gasteiger partial charge in [-0.3, -0.25) is 0 Å². The Morgan fingerprint density at radius 1 is 1.20 bits per heavy atom. The van der Waals surface area contributed by atoms with E-state index in [0.717, 1.165) is 19.4 Å². The highest BCUT2D eigenvalue weighted by Gasteiger charge is 2.03. The molecular formula is C14H21O. The highest BCUT2D eigenvalue weighted by molar-refractivity contribution is 5.28. The maximum absolute atomic E-state index is 5.27. The Kier molecular flexibility index (Phi) is 5.41. The average molecular weight is 205 g/mol. The fourth-order valence-corrected chi connectivity index (χ4v) is 1.66. The zero-order valence-electron chi connectivity index (χ0n) is 9.99. The van der Waals surface area contributed by atoms with Gasteiger partial charge in [-0.25, -0.2) is 0 Å². The van der Waals surface area contributed by atoms with Crippen molar-refractivity contribution in [2.75, 3.05) is 6.61 Å². The third kappa shape index (κ3) is 4.48. The summed E-state index contributed by atoms with van der Waals surface area (Å²) in [7, 11) is 0. The Morgan fingerprint density at radius 2 is 1.87 bits per heavy atom. The molecule has 83 valence electrons. The lowest BCUT2D eigenvalue weighted by molar-refractivity contribution is 0.212. The molecule has 1 heteroatoms. The second kappa shape index (κ2) is 6.62. The van der Waals surface area contributed by atoms with E-state index >= 15 is 0 Å². The molecule has 0 amide bonds. The van der Waals surface area contributed by atoms with Crippen molar-refractivity contribution in [2.24, 2.45) is 5.92 Å². The predicted octanol–water partition coefficient (Wildman–Crippen LogP) is 3.63. The van der Waals surface area contributed by atoms with Crippen LogP contribution in [0.2, 0.25) is 0 Å². The van der Waals surface area contributed by atoms with Crippen LogP contribution in [0.5, 0.6) is 0 Å². The summed E-state index contributed by atoms with van der Waals surface area (Å²) in [4.78, 5) is 0. The maximum Gasteiger partial charge on any atom is 0.0880 e. The topological polar surface area (TPSA) is 9.23 Å². The molecule has 0 aromatic heterocycles. The van der Waals surface area contributed by atoms with Gasteiger partial charge in [0, 0.05) is 13.0 Å². The smallest absolute Gasteiger partial charge is 0.0880 e. The third-order valence-electron chi connectivity index (χ3n) is 2.33. The van der Waals surface area contributed by atoms with Crippen LogP contribution < -0.4 is 0 Å². The Labute approximate surface area is 93.5 Å². The minimum Gasteiger partial charge on any atom is -0.375 e. The normalized spacial score (nSPS) is 10.9. The zero-order valence-corrected chi connectivity index (χ0v) is 9.99. The van der Waals surface area contributed by atoms with Crippen molar-refractivity contribution in [3.05, 3.63) is 42.0 Å². The van der Waals surface area contributed by atoms with Gasteiger partial charge in [0.25, 0.3) is 0 Å². The minimum absolute atomic E-state index is 0.707. The molecule has 0 saturated carbocycles. The number of benzene rings is 1. The van der Waals surface area contributed by atoms with Gasteiger partial charge >= 0.3 is 0 Å². The van der Waals surface area contributed by atoms with Crippen molar-refractivity contribution in [1.29, 1.82) is 0 Å². The largest absolute Gasteiger partial charge is 0.375 e. The predicted molar refractivity (Wildman–Crippen MR) is 64.6 cm³/mol. The summed E-state index contributed by atoms with van der Waals surface area (Å²) in [6.07, 6.45) is 2.06. The Bertz CT molecular complexity index is 278. The molecule has 0 spiro atoms. The highest BCUT2D eigenvalue weighted by Crippen LogP contribution is 2.15. The Morgan fingerprint density at radius 3 is 2.47 bits per heavy atom. The van der Waals surface area contributed by atoms with Gasteiger partial charge in [0.15, 0.2) is 0 Å². The number of rotatable bonds is 6. The summed E-state index contributed by atoms with van der Waals surface area (Å²) < 4.78 is 5.27. The first-order valence-electron chi connectivity index (χ1n) is 5.74. The van der Waals surface area contributed by atoms with Gasteiger partial charge in [0.05, 0.1) is 6.61 Å². The molecule has 1 radical (unpaired) electrons. The molecule has 0 bridgehead atoms. The number of hydrogen-bond acceptors (Lipinski definition) is 1. The van der Waals surface area contributed by atoms with Crippen LogP contribution in [-0.4, -0.2) is 6.61 Å². The first-order chi connectivity index (χ1) is 7.24. The van der Waals surface area contributed by atoms with E-state index in [4.69, 9.17) is 4.74 Å². The molecule has 1 aromatic carbocycles. The Hall–Kier alpha value is -0.820. The van der Waals surface area contributed by atoms with E-state index in [-0.39, 0.29) is 0 Å². The fraction of sp³-hybridized carbons (Fsp3) is 0.500. The van der Waals surface area contributed by atoms with Crippen molar-refractivity contribution < 1.29 is 4.74 Å². The van der Waals surface area contributed by atoms with E-state index in [1.807, 2.05) is 13.5 Å². The molecule has 0 heterocycles. The van der Waals surface area contributed by atoms with Gasteiger partial charge < -0.3 is 4.74 Å². The molecule has 0 aliphatic rings. The fourth-order valence-electron chi connectivity index (χ4n) is 1.66. The van der Waals surface area contributed by atoms with E-state index in [0.29, 0.717) is 5.92 Å². The van der Waals surface area contributed by atoms with E-state index in [1.54, 1.807) is 0 Å². The van der Waals surface area contributed by atoms with Crippen molar-refractivity contribution in [1.82, 2.24) is 0 Å².